The lowest BCUT2D eigenvalue weighted by molar-refractivity contribution is -0.116. The Morgan fingerprint density at radius 1 is 1.00 bits per heavy atom. The van der Waals surface area contributed by atoms with Crippen LogP contribution in [0.5, 0.6) is 5.75 Å². The van der Waals surface area contributed by atoms with E-state index in [0.29, 0.717) is 23.2 Å². The van der Waals surface area contributed by atoms with E-state index in [2.05, 4.69) is 24.4 Å². The van der Waals surface area contributed by atoms with Crippen molar-refractivity contribution in [2.75, 3.05) is 6.61 Å². The van der Waals surface area contributed by atoms with Gasteiger partial charge in [-0.1, -0.05) is 85.4 Å². The number of benzene rings is 3. The van der Waals surface area contributed by atoms with Crippen LogP contribution in [-0.4, -0.2) is 22.7 Å². The summed E-state index contributed by atoms with van der Waals surface area (Å²) in [7, 11) is 0. The number of ether oxygens (including phenoxy) is 1. The maximum absolute atomic E-state index is 13.3. The average Bonchev–Trinajstić information content (AvgIpc) is 2.86. The van der Waals surface area contributed by atoms with Crippen molar-refractivity contribution in [1.82, 2.24) is 10.3 Å². The third-order valence-corrected chi connectivity index (χ3v) is 6.33. The van der Waals surface area contributed by atoms with Crippen LogP contribution in [0.25, 0.3) is 5.70 Å². The Morgan fingerprint density at radius 2 is 1.76 bits per heavy atom. The van der Waals surface area contributed by atoms with E-state index >= 15 is 0 Å². The number of carbonyl (C=O) groups excluding carboxylic acids is 1. The molecule has 0 radical (unpaired) electrons. The van der Waals surface area contributed by atoms with Crippen molar-refractivity contribution in [2.24, 2.45) is 10.1 Å². The van der Waals surface area contributed by atoms with Crippen LogP contribution < -0.4 is 20.6 Å². The van der Waals surface area contributed by atoms with Gasteiger partial charge in [-0.3, -0.25) is 15.1 Å². The minimum atomic E-state index is -0.499. The van der Waals surface area contributed by atoms with Crippen LogP contribution in [-0.2, 0) is 10.5 Å². The van der Waals surface area contributed by atoms with E-state index in [-0.39, 0.29) is 5.91 Å². The molecule has 1 amide bonds. The van der Waals surface area contributed by atoms with E-state index in [9.17, 15) is 4.79 Å². The molecular formula is C26H24N4O2S. The minimum Gasteiger partial charge on any atom is -0.493 e. The Bertz CT molecular complexity index is 1320. The highest BCUT2D eigenvalue weighted by molar-refractivity contribution is 8.13. The summed E-state index contributed by atoms with van der Waals surface area (Å²) in [6.07, 6.45) is 0.405. The number of rotatable bonds is 6. The van der Waals surface area contributed by atoms with Gasteiger partial charge in [-0.05, 0) is 24.1 Å². The normalized spacial score (nSPS) is 16.8. The first-order valence-electron chi connectivity index (χ1n) is 11.0. The van der Waals surface area contributed by atoms with Gasteiger partial charge in [-0.25, -0.2) is 5.01 Å². The molecule has 1 N–H and O–H groups in total. The molecule has 0 aliphatic carbocycles. The fourth-order valence-electron chi connectivity index (χ4n) is 3.86. The maximum atomic E-state index is 13.3. The molecule has 166 valence electrons. The van der Waals surface area contributed by atoms with Gasteiger partial charge in [0.25, 0.3) is 5.91 Å². The standard InChI is InChI=1S/C26H24N4O2S/c1-2-16-32-22-15-9-7-13-20(22)24-27-21-14-8-6-12-19(21)23-25(31)28-26(29-30(23)24)33-17-18-10-4-3-5-11-18/h3-15,24H,2,16-17H2,1H3,(H,28,29,31). The van der Waals surface area contributed by atoms with E-state index in [0.717, 1.165) is 33.9 Å². The molecule has 2 heterocycles. The highest BCUT2D eigenvalue weighted by atomic mass is 32.2. The van der Waals surface area contributed by atoms with Gasteiger partial charge >= 0.3 is 0 Å². The molecule has 2 aliphatic rings. The highest BCUT2D eigenvalue weighted by Gasteiger charge is 2.35. The lowest BCUT2D eigenvalue weighted by Crippen LogP contribution is -2.50. The van der Waals surface area contributed by atoms with Crippen LogP contribution in [0.4, 0.5) is 0 Å². The van der Waals surface area contributed by atoms with E-state index < -0.39 is 6.17 Å². The molecule has 1 atom stereocenters. The van der Waals surface area contributed by atoms with Crippen molar-refractivity contribution in [1.29, 1.82) is 0 Å². The molecule has 0 fully saturated rings. The van der Waals surface area contributed by atoms with Crippen LogP contribution in [0.3, 0.4) is 0 Å². The molecular weight excluding hydrogens is 432 g/mol. The second-order valence-electron chi connectivity index (χ2n) is 7.73. The predicted octanol–water partition coefficient (Wildman–Crippen LogP) is 3.55. The summed E-state index contributed by atoms with van der Waals surface area (Å²) < 4.78 is 6.02. The zero-order valence-electron chi connectivity index (χ0n) is 18.3. The number of hydrogen-bond donors (Lipinski definition) is 1. The predicted molar refractivity (Wildman–Crippen MR) is 131 cm³/mol. The van der Waals surface area contributed by atoms with Crippen LogP contribution >= 0.6 is 11.8 Å². The molecule has 3 aromatic rings. The number of nitrogens with one attached hydrogen (secondary N) is 1. The van der Waals surface area contributed by atoms with E-state index in [1.807, 2.05) is 66.7 Å². The van der Waals surface area contributed by atoms with Gasteiger partial charge in [-0.2, -0.15) is 0 Å². The van der Waals surface area contributed by atoms with Crippen molar-refractivity contribution in [3.8, 4) is 5.75 Å². The molecule has 0 spiro atoms. The van der Waals surface area contributed by atoms with Crippen LogP contribution in [0, 0.1) is 0 Å². The molecule has 2 aliphatic heterocycles. The zero-order chi connectivity index (χ0) is 22.6. The number of thioether (sulfide) groups is 1. The zero-order valence-corrected chi connectivity index (χ0v) is 19.1. The largest absolute Gasteiger partial charge is 0.493 e. The Hall–Kier alpha value is -3.58. The lowest BCUT2D eigenvalue weighted by Gasteiger charge is -2.34. The van der Waals surface area contributed by atoms with Crippen molar-refractivity contribution >= 4 is 28.5 Å². The minimum absolute atomic E-state index is 0.181. The summed E-state index contributed by atoms with van der Waals surface area (Å²) in [5, 5.41) is 11.6. The maximum Gasteiger partial charge on any atom is 0.276 e. The third-order valence-electron chi connectivity index (χ3n) is 5.39. The first-order valence-corrected chi connectivity index (χ1v) is 12.0. The number of hydrogen-bond acceptors (Lipinski definition) is 6. The van der Waals surface area contributed by atoms with Gasteiger partial charge < -0.3 is 4.74 Å². The molecule has 0 saturated heterocycles. The summed E-state index contributed by atoms with van der Waals surface area (Å²) in [5.41, 5.74) is 2.54. The fraction of sp³-hybridized carbons (Fsp3) is 0.192. The van der Waals surface area contributed by atoms with Crippen LogP contribution in [0.15, 0.2) is 89.0 Å². The molecule has 33 heavy (non-hydrogen) atoms. The highest BCUT2D eigenvalue weighted by Crippen LogP contribution is 2.35. The summed E-state index contributed by atoms with van der Waals surface area (Å²) in [5.74, 6) is 1.28. The first kappa shape index (κ1) is 21.3. The number of carbonyl (C=O) groups is 1. The number of nitrogens with zero attached hydrogens (tertiary/aromatic N) is 3. The second-order valence-corrected chi connectivity index (χ2v) is 8.70. The first-order chi connectivity index (χ1) is 16.2. The fourth-order valence-corrected chi connectivity index (χ4v) is 4.66. The summed E-state index contributed by atoms with van der Waals surface area (Å²) >= 11 is 1.50. The monoisotopic (exact) mass is 456 g/mol. The van der Waals surface area contributed by atoms with Crippen molar-refractivity contribution in [3.63, 3.8) is 0 Å². The average molecular weight is 457 g/mol. The van der Waals surface area contributed by atoms with Gasteiger partial charge in [0.05, 0.1) is 12.0 Å². The molecule has 3 aromatic carbocycles. The number of para-hydroxylation sites is 2. The molecule has 0 bridgehead atoms. The SMILES string of the molecule is CCCOc1ccccc1C1N=c2ccccc2=C2C(=O)NC(SCc3ccccc3)=NN21. The molecule has 7 heteroatoms. The number of hydrazone groups is 1. The summed E-state index contributed by atoms with van der Waals surface area (Å²) in [4.78, 5) is 18.3. The van der Waals surface area contributed by atoms with Crippen molar-refractivity contribution in [2.45, 2.75) is 25.3 Å². The second kappa shape index (κ2) is 9.50. The smallest absolute Gasteiger partial charge is 0.276 e. The molecule has 5 rings (SSSR count). The Balaban J connectivity index is 1.57. The van der Waals surface area contributed by atoms with E-state index in [1.165, 1.54) is 11.8 Å². The van der Waals surface area contributed by atoms with Crippen molar-refractivity contribution < 1.29 is 9.53 Å². The topological polar surface area (TPSA) is 66.3 Å². The van der Waals surface area contributed by atoms with Gasteiger partial charge in [0.15, 0.2) is 11.3 Å². The summed E-state index contributed by atoms with van der Waals surface area (Å²) in [6.45, 7) is 2.68. The van der Waals surface area contributed by atoms with Crippen LogP contribution in [0.1, 0.15) is 30.6 Å². The van der Waals surface area contributed by atoms with E-state index in [4.69, 9.17) is 14.8 Å². The van der Waals surface area contributed by atoms with Gasteiger partial charge in [0.1, 0.15) is 11.4 Å². The van der Waals surface area contributed by atoms with Gasteiger partial charge in [-0.15, -0.1) is 5.10 Å². The molecule has 1 unspecified atom stereocenters. The van der Waals surface area contributed by atoms with Gasteiger partial charge in [0, 0.05) is 16.5 Å². The quantitative estimate of drug-likeness (QED) is 0.616. The summed E-state index contributed by atoms with van der Waals surface area (Å²) in [6, 6.07) is 25.7. The molecule has 6 nitrogen and oxygen atoms in total. The number of fused-ring (bicyclic) bond motifs is 2. The Morgan fingerprint density at radius 3 is 2.61 bits per heavy atom. The van der Waals surface area contributed by atoms with Crippen molar-refractivity contribution in [3.05, 3.63) is 101 Å². The Kier molecular flexibility index (Phi) is 6.13. The lowest BCUT2D eigenvalue weighted by atomic mass is 10.1. The van der Waals surface area contributed by atoms with E-state index in [1.54, 1.807) is 5.01 Å². The van der Waals surface area contributed by atoms with Crippen LogP contribution in [0.2, 0.25) is 0 Å². The third kappa shape index (κ3) is 4.36. The number of amides is 1. The Labute approximate surface area is 196 Å². The number of amidine groups is 1. The molecule has 0 saturated carbocycles. The molecule has 0 aromatic heterocycles. The van der Waals surface area contributed by atoms with Gasteiger partial charge in [0.2, 0.25) is 0 Å².